The van der Waals surface area contributed by atoms with Crippen LogP contribution < -0.4 is 0 Å². The van der Waals surface area contributed by atoms with Gasteiger partial charge in [0.05, 0.1) is 12.7 Å². The molecule has 20 heavy (non-hydrogen) atoms. The van der Waals surface area contributed by atoms with Crippen molar-refractivity contribution in [2.24, 2.45) is 5.41 Å². The Morgan fingerprint density at radius 2 is 2.00 bits per heavy atom. The number of carbonyl (C=O) groups is 2. The third-order valence-electron chi connectivity index (χ3n) is 2.68. The number of hydrogen-bond donors (Lipinski definition) is 0. The number of carbonyl (C=O) groups excluding carboxylic acids is 2. The highest BCUT2D eigenvalue weighted by atomic mass is 16.5. The summed E-state index contributed by atoms with van der Waals surface area (Å²) in [6.07, 6.45) is 1.34. The quantitative estimate of drug-likeness (QED) is 0.481. The molecular weight excluding hydrogens is 258 g/mol. The Balaban J connectivity index is 3.19. The van der Waals surface area contributed by atoms with E-state index in [0.717, 1.165) is 0 Å². The zero-order valence-electron chi connectivity index (χ0n) is 12.2. The smallest absolute Gasteiger partial charge is 0.341 e. The van der Waals surface area contributed by atoms with Crippen LogP contribution in [0.25, 0.3) is 6.08 Å². The second kappa shape index (κ2) is 5.74. The molecule has 0 atom stereocenters. The zero-order valence-corrected chi connectivity index (χ0v) is 12.2. The van der Waals surface area contributed by atoms with E-state index in [0.29, 0.717) is 5.76 Å². The monoisotopic (exact) mass is 275 g/mol. The molecular formula is C15H17NO4. The second-order valence-electron chi connectivity index (χ2n) is 5.36. The first-order chi connectivity index (χ1) is 9.20. The molecule has 1 rings (SSSR count). The maximum Gasteiger partial charge on any atom is 0.341 e. The van der Waals surface area contributed by atoms with E-state index in [4.69, 9.17) is 9.68 Å². The van der Waals surface area contributed by atoms with Crippen molar-refractivity contribution in [3.05, 3.63) is 28.7 Å². The summed E-state index contributed by atoms with van der Waals surface area (Å²) in [5, 5.41) is 9.08. The minimum absolute atomic E-state index is 0.0114. The molecule has 5 nitrogen and oxygen atoms in total. The first kappa shape index (κ1) is 15.7. The van der Waals surface area contributed by atoms with E-state index in [1.807, 2.05) is 6.07 Å². The summed E-state index contributed by atoms with van der Waals surface area (Å²) in [5.41, 5.74) is -0.393. The van der Waals surface area contributed by atoms with Crippen molar-refractivity contribution in [2.45, 2.75) is 27.7 Å². The summed E-state index contributed by atoms with van der Waals surface area (Å²) >= 11 is 0. The van der Waals surface area contributed by atoms with Crippen LogP contribution in [0.5, 0.6) is 0 Å². The van der Waals surface area contributed by atoms with E-state index in [1.54, 1.807) is 27.7 Å². The minimum Gasteiger partial charge on any atom is -0.465 e. The summed E-state index contributed by atoms with van der Waals surface area (Å²) in [6.45, 7) is 6.80. The molecule has 0 fully saturated rings. The topological polar surface area (TPSA) is 80.3 Å². The summed E-state index contributed by atoms with van der Waals surface area (Å²) in [7, 11) is 1.27. The number of ether oxygens (including phenoxy) is 1. The Kier molecular flexibility index (Phi) is 4.51. The molecule has 0 amide bonds. The number of rotatable bonds is 3. The molecule has 0 N–H and O–H groups in total. The van der Waals surface area contributed by atoms with Gasteiger partial charge in [-0.25, -0.2) is 4.79 Å². The van der Waals surface area contributed by atoms with E-state index in [-0.39, 0.29) is 22.7 Å². The fourth-order valence-electron chi connectivity index (χ4n) is 1.58. The number of ketones is 1. The van der Waals surface area contributed by atoms with Gasteiger partial charge in [0, 0.05) is 11.5 Å². The lowest BCUT2D eigenvalue weighted by Gasteiger charge is -2.15. The number of hydrogen-bond acceptors (Lipinski definition) is 5. The summed E-state index contributed by atoms with van der Waals surface area (Å²) in [5.74, 6) is -0.152. The van der Waals surface area contributed by atoms with Gasteiger partial charge in [0.2, 0.25) is 0 Å². The van der Waals surface area contributed by atoms with Crippen LogP contribution in [0.2, 0.25) is 0 Å². The molecule has 0 aliphatic heterocycles. The predicted molar refractivity (Wildman–Crippen MR) is 72.8 cm³/mol. The van der Waals surface area contributed by atoms with Crippen molar-refractivity contribution in [1.82, 2.24) is 0 Å². The van der Waals surface area contributed by atoms with Gasteiger partial charge in [-0.1, -0.05) is 20.8 Å². The normalized spacial score (nSPS) is 11.9. The molecule has 1 aromatic heterocycles. The Labute approximate surface area is 117 Å². The average molecular weight is 275 g/mol. The lowest BCUT2D eigenvalue weighted by molar-refractivity contribution is -0.121. The van der Waals surface area contributed by atoms with E-state index in [2.05, 4.69) is 4.74 Å². The minimum atomic E-state index is -0.658. The molecule has 0 spiro atoms. The predicted octanol–water partition coefficient (Wildman–Crippen LogP) is 2.90. The van der Waals surface area contributed by atoms with Gasteiger partial charge >= 0.3 is 5.97 Å². The summed E-state index contributed by atoms with van der Waals surface area (Å²) < 4.78 is 9.96. The van der Waals surface area contributed by atoms with Crippen molar-refractivity contribution in [2.75, 3.05) is 7.11 Å². The van der Waals surface area contributed by atoms with E-state index in [1.165, 1.54) is 19.3 Å². The number of allylic oxidation sites excluding steroid dienone is 1. The highest BCUT2D eigenvalue weighted by Crippen LogP contribution is 2.23. The largest absolute Gasteiger partial charge is 0.465 e. The van der Waals surface area contributed by atoms with Crippen LogP contribution in [-0.4, -0.2) is 18.9 Å². The van der Waals surface area contributed by atoms with E-state index >= 15 is 0 Å². The molecule has 0 saturated heterocycles. The van der Waals surface area contributed by atoms with Crippen LogP contribution in [0, 0.1) is 23.7 Å². The fraction of sp³-hybridized carbons (Fsp3) is 0.400. The van der Waals surface area contributed by atoms with Gasteiger partial charge in [0.1, 0.15) is 23.2 Å². The third kappa shape index (κ3) is 3.35. The molecule has 0 aromatic carbocycles. The number of aryl methyl sites for hydroxylation is 1. The van der Waals surface area contributed by atoms with E-state index < -0.39 is 11.4 Å². The van der Waals surface area contributed by atoms with Crippen molar-refractivity contribution >= 4 is 17.8 Å². The molecule has 5 heteroatoms. The van der Waals surface area contributed by atoms with E-state index in [9.17, 15) is 9.59 Å². The fourth-order valence-corrected chi connectivity index (χ4v) is 1.58. The second-order valence-corrected chi connectivity index (χ2v) is 5.36. The van der Waals surface area contributed by atoms with Gasteiger partial charge in [0.25, 0.3) is 0 Å². The Hall–Kier alpha value is -2.35. The molecule has 0 unspecified atom stereocenters. The Morgan fingerprint density at radius 3 is 2.45 bits per heavy atom. The first-order valence-corrected chi connectivity index (χ1v) is 6.06. The molecule has 1 heterocycles. The van der Waals surface area contributed by atoms with Crippen molar-refractivity contribution in [1.29, 1.82) is 5.26 Å². The lowest BCUT2D eigenvalue weighted by atomic mass is 9.86. The standard InChI is InChI=1S/C15H17NO4/c1-9-12(14(18)19-5)7-11(20-9)6-10(8-16)13(17)15(2,3)4/h6-7H,1-5H3/b10-6+. The van der Waals surface area contributed by atoms with Crippen LogP contribution in [0.1, 0.15) is 42.6 Å². The van der Waals surface area contributed by atoms with Gasteiger partial charge in [-0.2, -0.15) is 5.26 Å². The van der Waals surface area contributed by atoms with Gasteiger partial charge in [0.15, 0.2) is 5.78 Å². The summed E-state index contributed by atoms with van der Waals surface area (Å²) in [6, 6.07) is 3.32. The number of esters is 1. The van der Waals surface area contributed by atoms with Crippen LogP contribution in [0.3, 0.4) is 0 Å². The average Bonchev–Trinajstić information content (AvgIpc) is 2.74. The molecule has 1 aromatic rings. The Morgan fingerprint density at radius 1 is 1.40 bits per heavy atom. The van der Waals surface area contributed by atoms with Gasteiger partial charge in [-0.3, -0.25) is 4.79 Å². The number of methoxy groups -OCH3 is 1. The number of furan rings is 1. The van der Waals surface area contributed by atoms with Crippen molar-refractivity contribution in [3.8, 4) is 6.07 Å². The SMILES string of the molecule is COC(=O)c1cc(/C=C(\C#N)C(=O)C(C)(C)C)oc1C. The first-order valence-electron chi connectivity index (χ1n) is 6.06. The molecule has 0 radical (unpaired) electrons. The van der Waals surface area contributed by atoms with Crippen LogP contribution in [0.4, 0.5) is 0 Å². The van der Waals surface area contributed by atoms with Crippen molar-refractivity contribution < 1.29 is 18.7 Å². The maximum absolute atomic E-state index is 12.1. The number of nitrogens with zero attached hydrogens (tertiary/aromatic N) is 1. The number of Topliss-reactive ketones (excluding diaryl/α,β-unsaturated/α-hetero) is 1. The molecule has 0 bridgehead atoms. The Bertz CT molecular complexity index is 609. The van der Waals surface area contributed by atoms with Crippen LogP contribution in [-0.2, 0) is 9.53 Å². The molecule has 0 aliphatic rings. The lowest BCUT2D eigenvalue weighted by Crippen LogP contribution is -2.21. The van der Waals surface area contributed by atoms with Crippen molar-refractivity contribution in [3.63, 3.8) is 0 Å². The summed E-state index contributed by atoms with van der Waals surface area (Å²) in [4.78, 5) is 23.5. The molecule has 0 saturated carbocycles. The third-order valence-corrected chi connectivity index (χ3v) is 2.68. The van der Waals surface area contributed by atoms with Gasteiger partial charge in [-0.05, 0) is 13.0 Å². The highest BCUT2D eigenvalue weighted by molar-refractivity contribution is 6.06. The van der Waals surface area contributed by atoms with Gasteiger partial charge in [-0.15, -0.1) is 0 Å². The van der Waals surface area contributed by atoms with Crippen LogP contribution >= 0.6 is 0 Å². The van der Waals surface area contributed by atoms with Crippen LogP contribution in [0.15, 0.2) is 16.1 Å². The maximum atomic E-state index is 12.1. The zero-order chi connectivity index (χ0) is 15.5. The number of nitriles is 1. The van der Waals surface area contributed by atoms with Gasteiger partial charge < -0.3 is 9.15 Å². The highest BCUT2D eigenvalue weighted by Gasteiger charge is 2.25. The molecule has 106 valence electrons. The molecule has 0 aliphatic carbocycles.